The average Bonchev–Trinajstić information content (AvgIpc) is 2.86. The van der Waals surface area contributed by atoms with Crippen LogP contribution < -0.4 is 9.47 Å². The van der Waals surface area contributed by atoms with Crippen molar-refractivity contribution in [1.82, 2.24) is 4.98 Å². The molecule has 0 aliphatic heterocycles. The Labute approximate surface area is 105 Å². The summed E-state index contributed by atoms with van der Waals surface area (Å²) in [5, 5.41) is 2.90. The fourth-order valence-electron chi connectivity index (χ4n) is 1.85. The van der Waals surface area contributed by atoms with Crippen molar-refractivity contribution in [2.45, 2.75) is 13.8 Å². The molecule has 0 aliphatic carbocycles. The highest BCUT2D eigenvalue weighted by molar-refractivity contribution is 7.13. The van der Waals surface area contributed by atoms with Crippen molar-refractivity contribution in [3.8, 4) is 22.1 Å². The Morgan fingerprint density at radius 2 is 1.88 bits per heavy atom. The Hall–Kier alpha value is -1.55. The van der Waals surface area contributed by atoms with Crippen LogP contribution in [0.2, 0.25) is 0 Å². The lowest BCUT2D eigenvalue weighted by Crippen LogP contribution is -1.97. The van der Waals surface area contributed by atoms with E-state index in [4.69, 9.17) is 9.47 Å². The van der Waals surface area contributed by atoms with Crippen LogP contribution in [0, 0.1) is 13.8 Å². The summed E-state index contributed by atoms with van der Waals surface area (Å²) in [6.45, 7) is 4.07. The highest BCUT2D eigenvalue weighted by Gasteiger charge is 2.16. The number of rotatable bonds is 3. The normalized spacial score (nSPS) is 10.4. The van der Waals surface area contributed by atoms with Gasteiger partial charge in [-0.15, -0.1) is 11.3 Å². The average molecular weight is 249 g/mol. The first-order valence-corrected chi connectivity index (χ1v) is 6.19. The number of benzene rings is 1. The Kier molecular flexibility index (Phi) is 3.33. The molecule has 0 saturated heterocycles. The molecule has 0 amide bonds. The van der Waals surface area contributed by atoms with E-state index in [0.29, 0.717) is 0 Å². The number of hydrogen-bond acceptors (Lipinski definition) is 4. The van der Waals surface area contributed by atoms with Gasteiger partial charge in [0.1, 0.15) is 16.5 Å². The number of hydrogen-bond donors (Lipinski definition) is 0. The molecule has 4 heteroatoms. The van der Waals surface area contributed by atoms with E-state index in [0.717, 1.165) is 33.2 Å². The lowest BCUT2D eigenvalue weighted by atomic mass is 10.0. The molecule has 0 N–H and O–H groups in total. The van der Waals surface area contributed by atoms with E-state index < -0.39 is 0 Å². The molecule has 3 nitrogen and oxygen atoms in total. The molecule has 1 aromatic heterocycles. The SMILES string of the molecule is COc1cc(-c2nccs2)c(OC)c(C)c1C. The highest BCUT2D eigenvalue weighted by Crippen LogP contribution is 2.39. The van der Waals surface area contributed by atoms with Gasteiger partial charge in [0, 0.05) is 11.6 Å². The van der Waals surface area contributed by atoms with Crippen LogP contribution in [-0.4, -0.2) is 19.2 Å². The van der Waals surface area contributed by atoms with Crippen molar-refractivity contribution in [2.24, 2.45) is 0 Å². The van der Waals surface area contributed by atoms with Gasteiger partial charge in [-0.2, -0.15) is 0 Å². The Morgan fingerprint density at radius 3 is 2.41 bits per heavy atom. The largest absolute Gasteiger partial charge is 0.496 e. The summed E-state index contributed by atoms with van der Waals surface area (Å²) in [5.41, 5.74) is 3.18. The van der Waals surface area contributed by atoms with E-state index in [1.54, 1.807) is 31.8 Å². The number of aromatic nitrogens is 1. The monoisotopic (exact) mass is 249 g/mol. The molecule has 0 aliphatic rings. The second-order valence-electron chi connectivity index (χ2n) is 3.75. The molecule has 90 valence electrons. The van der Waals surface area contributed by atoms with Gasteiger partial charge in [0.05, 0.1) is 19.8 Å². The van der Waals surface area contributed by atoms with Crippen molar-refractivity contribution in [1.29, 1.82) is 0 Å². The fraction of sp³-hybridized carbons (Fsp3) is 0.308. The van der Waals surface area contributed by atoms with Crippen molar-refractivity contribution in [2.75, 3.05) is 14.2 Å². The minimum atomic E-state index is 0.869. The summed E-state index contributed by atoms with van der Waals surface area (Å²) in [5.74, 6) is 1.74. The van der Waals surface area contributed by atoms with Gasteiger partial charge >= 0.3 is 0 Å². The van der Waals surface area contributed by atoms with Gasteiger partial charge < -0.3 is 9.47 Å². The second kappa shape index (κ2) is 4.75. The minimum Gasteiger partial charge on any atom is -0.496 e. The molecule has 0 saturated carbocycles. The molecule has 2 aromatic rings. The summed E-state index contributed by atoms with van der Waals surface area (Å²) >= 11 is 1.59. The van der Waals surface area contributed by atoms with Gasteiger partial charge in [0.25, 0.3) is 0 Å². The fourth-order valence-corrected chi connectivity index (χ4v) is 2.50. The molecule has 0 bridgehead atoms. The molecule has 0 unspecified atom stereocenters. The van der Waals surface area contributed by atoms with Crippen LogP contribution >= 0.6 is 11.3 Å². The van der Waals surface area contributed by atoms with Gasteiger partial charge in [-0.1, -0.05) is 0 Å². The van der Waals surface area contributed by atoms with E-state index >= 15 is 0 Å². The maximum Gasteiger partial charge on any atom is 0.132 e. The first kappa shape index (κ1) is 11.9. The van der Waals surface area contributed by atoms with Crippen LogP contribution in [-0.2, 0) is 0 Å². The zero-order valence-electron chi connectivity index (χ0n) is 10.4. The summed E-state index contributed by atoms with van der Waals surface area (Å²) in [7, 11) is 3.37. The maximum absolute atomic E-state index is 5.49. The van der Waals surface area contributed by atoms with Crippen LogP contribution in [0.5, 0.6) is 11.5 Å². The maximum atomic E-state index is 5.49. The van der Waals surface area contributed by atoms with E-state index in [-0.39, 0.29) is 0 Å². The van der Waals surface area contributed by atoms with Gasteiger partial charge in [-0.3, -0.25) is 0 Å². The summed E-state index contributed by atoms with van der Waals surface area (Å²) < 4.78 is 10.9. The number of nitrogens with zero attached hydrogens (tertiary/aromatic N) is 1. The molecule has 0 fully saturated rings. The third-order valence-corrected chi connectivity index (χ3v) is 3.69. The van der Waals surface area contributed by atoms with Crippen LogP contribution in [0.3, 0.4) is 0 Å². The highest BCUT2D eigenvalue weighted by atomic mass is 32.1. The van der Waals surface area contributed by atoms with Gasteiger partial charge in [0.15, 0.2) is 0 Å². The number of thiazole rings is 1. The zero-order valence-corrected chi connectivity index (χ0v) is 11.2. The predicted octanol–water partition coefficient (Wildman–Crippen LogP) is 3.44. The molecule has 1 aromatic carbocycles. The first-order valence-electron chi connectivity index (χ1n) is 5.31. The molecule has 0 spiro atoms. The van der Waals surface area contributed by atoms with E-state index in [1.807, 2.05) is 25.3 Å². The Balaban J connectivity index is 2.69. The third-order valence-electron chi connectivity index (χ3n) is 2.88. The minimum absolute atomic E-state index is 0.869. The molecule has 17 heavy (non-hydrogen) atoms. The molecule has 0 atom stereocenters. The third kappa shape index (κ3) is 2.00. The van der Waals surface area contributed by atoms with Crippen molar-refractivity contribution in [3.63, 3.8) is 0 Å². The molecule has 0 radical (unpaired) electrons. The summed E-state index contributed by atoms with van der Waals surface area (Å²) in [6.07, 6.45) is 1.79. The topological polar surface area (TPSA) is 31.4 Å². The molecular weight excluding hydrogens is 234 g/mol. The number of methoxy groups -OCH3 is 2. The van der Waals surface area contributed by atoms with E-state index in [2.05, 4.69) is 4.98 Å². The quantitative estimate of drug-likeness (QED) is 0.835. The van der Waals surface area contributed by atoms with Crippen molar-refractivity contribution in [3.05, 3.63) is 28.8 Å². The lowest BCUT2D eigenvalue weighted by Gasteiger charge is -2.15. The summed E-state index contributed by atoms with van der Waals surface area (Å²) in [4.78, 5) is 4.32. The molecular formula is C13H15NO2S. The van der Waals surface area contributed by atoms with Crippen molar-refractivity contribution < 1.29 is 9.47 Å². The van der Waals surface area contributed by atoms with Crippen LogP contribution in [0.15, 0.2) is 17.6 Å². The van der Waals surface area contributed by atoms with Crippen LogP contribution in [0.1, 0.15) is 11.1 Å². The van der Waals surface area contributed by atoms with Crippen LogP contribution in [0.4, 0.5) is 0 Å². The number of ether oxygens (including phenoxy) is 2. The summed E-state index contributed by atoms with van der Waals surface area (Å²) in [6, 6.07) is 1.99. The standard InChI is InChI=1S/C13H15NO2S/c1-8-9(2)12(16-4)10(7-11(8)15-3)13-14-5-6-17-13/h5-7H,1-4H3. The molecule has 1 heterocycles. The molecule has 2 rings (SSSR count). The van der Waals surface area contributed by atoms with Crippen LogP contribution in [0.25, 0.3) is 10.6 Å². The van der Waals surface area contributed by atoms with Gasteiger partial charge in [-0.25, -0.2) is 4.98 Å². The Morgan fingerprint density at radius 1 is 1.12 bits per heavy atom. The van der Waals surface area contributed by atoms with Gasteiger partial charge in [0.2, 0.25) is 0 Å². The Bertz CT molecular complexity index is 521. The lowest BCUT2D eigenvalue weighted by molar-refractivity contribution is 0.399. The smallest absolute Gasteiger partial charge is 0.132 e. The van der Waals surface area contributed by atoms with E-state index in [1.165, 1.54) is 0 Å². The first-order chi connectivity index (χ1) is 8.19. The van der Waals surface area contributed by atoms with Crippen molar-refractivity contribution >= 4 is 11.3 Å². The zero-order chi connectivity index (χ0) is 12.4. The second-order valence-corrected chi connectivity index (χ2v) is 4.64. The predicted molar refractivity (Wildman–Crippen MR) is 70.1 cm³/mol. The van der Waals surface area contributed by atoms with E-state index in [9.17, 15) is 0 Å². The van der Waals surface area contributed by atoms with Gasteiger partial charge in [-0.05, 0) is 31.0 Å².